The fourth-order valence-corrected chi connectivity index (χ4v) is 3.10. The van der Waals surface area contributed by atoms with E-state index >= 15 is 0 Å². The van der Waals surface area contributed by atoms with Crippen LogP contribution in [0.5, 0.6) is 0 Å². The van der Waals surface area contributed by atoms with E-state index in [9.17, 15) is 4.79 Å². The smallest absolute Gasteiger partial charge is 0.315 e. The quantitative estimate of drug-likeness (QED) is 0.784. The fraction of sp³-hybridized carbons (Fsp3) is 0.500. The van der Waals surface area contributed by atoms with E-state index in [-0.39, 0.29) is 17.3 Å². The van der Waals surface area contributed by atoms with Crippen molar-refractivity contribution in [3.63, 3.8) is 0 Å². The average molecular weight is 302 g/mol. The molecule has 1 aromatic carbocycles. The van der Waals surface area contributed by atoms with Gasteiger partial charge in [0, 0.05) is 16.3 Å². The molecular formula is C14H20ClNO2S. The second-order valence-corrected chi connectivity index (χ2v) is 5.73. The molecule has 0 bridgehead atoms. The Hall–Kier alpha value is -0.710. The Bertz CT molecular complexity index is 414. The second kappa shape index (κ2) is 8.46. The summed E-state index contributed by atoms with van der Waals surface area (Å²) >= 11 is 7.51. The first-order chi connectivity index (χ1) is 9.08. The van der Waals surface area contributed by atoms with Gasteiger partial charge in [0.15, 0.2) is 0 Å². The Kier molecular flexibility index (Phi) is 7.28. The summed E-state index contributed by atoms with van der Waals surface area (Å²) in [5.74, 6) is 0.0986. The van der Waals surface area contributed by atoms with E-state index in [1.807, 2.05) is 31.2 Å². The highest BCUT2D eigenvalue weighted by atomic mass is 35.5. The van der Waals surface area contributed by atoms with E-state index in [1.165, 1.54) is 11.8 Å². The molecule has 106 valence electrons. The number of rotatable bonds is 7. The lowest BCUT2D eigenvalue weighted by atomic mass is 10.0. The highest BCUT2D eigenvalue weighted by Crippen LogP contribution is 2.33. The van der Waals surface area contributed by atoms with Crippen LogP contribution >= 0.6 is 23.4 Å². The minimum atomic E-state index is -0.206. The largest absolute Gasteiger partial charge is 0.465 e. The molecule has 0 aliphatic carbocycles. The van der Waals surface area contributed by atoms with Gasteiger partial charge in [-0.25, -0.2) is 0 Å². The summed E-state index contributed by atoms with van der Waals surface area (Å²) in [6, 6.07) is 7.61. The molecule has 0 aliphatic rings. The van der Waals surface area contributed by atoms with Crippen LogP contribution in [0.2, 0.25) is 5.02 Å². The van der Waals surface area contributed by atoms with Gasteiger partial charge in [0.2, 0.25) is 0 Å². The van der Waals surface area contributed by atoms with Crippen molar-refractivity contribution in [1.29, 1.82) is 0 Å². The van der Waals surface area contributed by atoms with Gasteiger partial charge in [-0.2, -0.15) is 0 Å². The number of benzene rings is 1. The summed E-state index contributed by atoms with van der Waals surface area (Å²) in [6.45, 7) is 4.24. The third-order valence-electron chi connectivity index (χ3n) is 2.72. The maximum absolute atomic E-state index is 11.4. The van der Waals surface area contributed by atoms with Gasteiger partial charge < -0.3 is 10.5 Å². The number of carbonyl (C=O) groups excluding carboxylic acids is 1. The monoisotopic (exact) mass is 301 g/mol. The van der Waals surface area contributed by atoms with E-state index in [4.69, 9.17) is 22.1 Å². The first kappa shape index (κ1) is 16.3. The van der Waals surface area contributed by atoms with Crippen LogP contribution in [0, 0.1) is 0 Å². The molecule has 0 aromatic heterocycles. The molecule has 3 nitrogen and oxygen atoms in total. The number of nitrogens with two attached hydrogens (primary N) is 1. The van der Waals surface area contributed by atoms with E-state index in [0.717, 1.165) is 12.0 Å². The van der Waals surface area contributed by atoms with Crippen LogP contribution in [0.4, 0.5) is 0 Å². The van der Waals surface area contributed by atoms with Gasteiger partial charge in [0.1, 0.15) is 0 Å². The van der Waals surface area contributed by atoms with Crippen molar-refractivity contribution in [3.8, 4) is 0 Å². The Morgan fingerprint density at radius 1 is 1.47 bits per heavy atom. The van der Waals surface area contributed by atoms with Crippen LogP contribution in [0.25, 0.3) is 0 Å². The third-order valence-corrected chi connectivity index (χ3v) is 4.34. The molecule has 1 rings (SSSR count). The van der Waals surface area contributed by atoms with Gasteiger partial charge in [-0.3, -0.25) is 4.79 Å². The summed E-state index contributed by atoms with van der Waals surface area (Å²) in [7, 11) is 0. The molecule has 0 amide bonds. The molecule has 0 saturated carbocycles. The highest BCUT2D eigenvalue weighted by molar-refractivity contribution is 8.00. The van der Waals surface area contributed by atoms with Crippen molar-refractivity contribution in [2.75, 3.05) is 12.4 Å². The van der Waals surface area contributed by atoms with Gasteiger partial charge in [-0.1, -0.05) is 30.7 Å². The number of halogens is 1. The Balaban J connectivity index is 2.75. The molecule has 1 aromatic rings. The average Bonchev–Trinajstić information content (AvgIpc) is 2.39. The van der Waals surface area contributed by atoms with Crippen LogP contribution in [0.1, 0.15) is 31.1 Å². The lowest BCUT2D eigenvalue weighted by molar-refractivity contribution is -0.139. The fourth-order valence-electron chi connectivity index (χ4n) is 1.73. The maximum atomic E-state index is 11.4. The molecule has 5 heteroatoms. The Morgan fingerprint density at radius 2 is 2.21 bits per heavy atom. The van der Waals surface area contributed by atoms with Crippen molar-refractivity contribution in [3.05, 3.63) is 34.9 Å². The molecule has 2 N–H and O–H groups in total. The molecule has 0 heterocycles. The van der Waals surface area contributed by atoms with Crippen LogP contribution in [-0.2, 0) is 9.53 Å². The zero-order chi connectivity index (χ0) is 14.3. The van der Waals surface area contributed by atoms with E-state index in [2.05, 4.69) is 0 Å². The minimum absolute atomic E-state index is 0.0158. The van der Waals surface area contributed by atoms with Gasteiger partial charge in [0.05, 0.1) is 12.4 Å². The summed E-state index contributed by atoms with van der Waals surface area (Å²) < 4.78 is 4.94. The number of hydrogen-bond acceptors (Lipinski definition) is 4. The summed E-state index contributed by atoms with van der Waals surface area (Å²) in [5, 5.41) is 0.732. The van der Waals surface area contributed by atoms with Crippen LogP contribution in [0.3, 0.4) is 0 Å². The minimum Gasteiger partial charge on any atom is -0.465 e. The molecule has 0 aliphatic heterocycles. The Morgan fingerprint density at radius 3 is 2.79 bits per heavy atom. The molecule has 19 heavy (non-hydrogen) atoms. The Labute approximate surface area is 123 Å². The van der Waals surface area contributed by atoms with Gasteiger partial charge >= 0.3 is 5.97 Å². The standard InChI is InChI=1S/C14H20ClNO2S/c1-3-12(16)14(19-9-13(17)18-4-2)10-6-5-7-11(15)8-10/h5-8,12,14H,3-4,9,16H2,1-2H3. The van der Waals surface area contributed by atoms with Crippen molar-refractivity contribution in [2.24, 2.45) is 5.73 Å². The maximum Gasteiger partial charge on any atom is 0.315 e. The lowest BCUT2D eigenvalue weighted by Gasteiger charge is -2.22. The molecule has 0 fully saturated rings. The first-order valence-corrected chi connectivity index (χ1v) is 7.79. The molecule has 0 radical (unpaired) electrons. The number of carbonyl (C=O) groups is 1. The van der Waals surface area contributed by atoms with Crippen LogP contribution in [-0.4, -0.2) is 24.4 Å². The van der Waals surface area contributed by atoms with E-state index in [1.54, 1.807) is 6.92 Å². The lowest BCUT2D eigenvalue weighted by Crippen LogP contribution is -2.26. The highest BCUT2D eigenvalue weighted by Gasteiger charge is 2.20. The van der Waals surface area contributed by atoms with Crippen molar-refractivity contribution in [2.45, 2.75) is 31.6 Å². The van der Waals surface area contributed by atoms with E-state index in [0.29, 0.717) is 17.4 Å². The van der Waals surface area contributed by atoms with Gasteiger partial charge in [-0.05, 0) is 31.0 Å². The summed E-state index contributed by atoms with van der Waals surface area (Å²) in [5.41, 5.74) is 7.20. The topological polar surface area (TPSA) is 52.3 Å². The predicted molar refractivity (Wildman–Crippen MR) is 81.6 cm³/mol. The molecule has 2 unspecified atom stereocenters. The van der Waals surface area contributed by atoms with Crippen molar-refractivity contribution >= 4 is 29.3 Å². The number of thioether (sulfide) groups is 1. The predicted octanol–water partition coefficient (Wildman–Crippen LogP) is 3.41. The second-order valence-electron chi connectivity index (χ2n) is 4.16. The molecular weight excluding hydrogens is 282 g/mol. The van der Waals surface area contributed by atoms with Crippen molar-refractivity contribution in [1.82, 2.24) is 0 Å². The van der Waals surface area contributed by atoms with Gasteiger partial charge in [-0.15, -0.1) is 11.8 Å². The van der Waals surface area contributed by atoms with Crippen LogP contribution < -0.4 is 5.73 Å². The molecule has 2 atom stereocenters. The summed E-state index contributed by atoms with van der Waals surface area (Å²) in [4.78, 5) is 11.4. The number of ether oxygens (including phenoxy) is 1. The molecule has 0 saturated heterocycles. The zero-order valence-corrected chi connectivity index (χ0v) is 12.8. The van der Waals surface area contributed by atoms with E-state index < -0.39 is 0 Å². The normalized spacial score (nSPS) is 13.9. The third kappa shape index (κ3) is 5.43. The SMILES string of the molecule is CCOC(=O)CSC(c1cccc(Cl)c1)C(N)CC. The number of hydrogen-bond donors (Lipinski definition) is 1. The number of esters is 1. The zero-order valence-electron chi connectivity index (χ0n) is 11.3. The van der Waals surface area contributed by atoms with Crippen molar-refractivity contribution < 1.29 is 9.53 Å². The summed E-state index contributed by atoms with van der Waals surface area (Å²) in [6.07, 6.45) is 0.840. The van der Waals surface area contributed by atoms with Gasteiger partial charge in [0.25, 0.3) is 0 Å². The van der Waals surface area contributed by atoms with Crippen LogP contribution in [0.15, 0.2) is 24.3 Å². The molecule has 0 spiro atoms. The first-order valence-electron chi connectivity index (χ1n) is 6.36.